The number of hydrogen-bond donors (Lipinski definition) is 1. The molecule has 1 N–H and O–H groups in total. The Labute approximate surface area is 148 Å². The monoisotopic (exact) mass is 355 g/mol. The normalized spacial score (nSPS) is 10.6. The number of carbonyl (C=O) groups excluding carboxylic acids is 2. The van der Waals surface area contributed by atoms with E-state index in [1.165, 1.54) is 16.7 Å². The Morgan fingerprint density at radius 1 is 1.23 bits per heavy atom. The highest BCUT2D eigenvalue weighted by Gasteiger charge is 2.09. The molecule has 0 spiro atoms. The van der Waals surface area contributed by atoms with Gasteiger partial charge in [-0.25, -0.2) is 4.98 Å². The van der Waals surface area contributed by atoms with Crippen molar-refractivity contribution in [3.63, 3.8) is 0 Å². The quantitative estimate of drug-likeness (QED) is 0.509. The van der Waals surface area contributed by atoms with Crippen molar-refractivity contribution in [1.29, 1.82) is 0 Å². The van der Waals surface area contributed by atoms with Crippen LogP contribution in [-0.2, 0) is 16.1 Å². The Hall–Kier alpha value is -3.42. The van der Waals surface area contributed by atoms with Gasteiger partial charge in [0.1, 0.15) is 12.3 Å². The van der Waals surface area contributed by atoms with Crippen LogP contribution in [0.2, 0.25) is 0 Å². The summed E-state index contributed by atoms with van der Waals surface area (Å²) in [5, 5.41) is 2.64. The van der Waals surface area contributed by atoms with Crippen LogP contribution < -0.4 is 10.9 Å². The van der Waals surface area contributed by atoms with Crippen LogP contribution in [0.15, 0.2) is 58.1 Å². The molecular formula is C18H17N3O5. The van der Waals surface area contributed by atoms with E-state index < -0.39 is 5.97 Å². The molecule has 0 bridgehead atoms. The number of esters is 1. The molecule has 8 nitrogen and oxygen atoms in total. The van der Waals surface area contributed by atoms with Gasteiger partial charge in [-0.05, 0) is 30.7 Å². The minimum absolute atomic E-state index is 0.0712. The number of pyridine rings is 1. The van der Waals surface area contributed by atoms with Crippen molar-refractivity contribution in [3.05, 3.63) is 70.7 Å². The number of furan rings is 1. The zero-order valence-electron chi connectivity index (χ0n) is 13.9. The number of ether oxygens (including phenoxy) is 1. The summed E-state index contributed by atoms with van der Waals surface area (Å²) >= 11 is 0. The molecule has 8 heteroatoms. The van der Waals surface area contributed by atoms with Crippen LogP contribution in [0, 0.1) is 0 Å². The van der Waals surface area contributed by atoms with Gasteiger partial charge in [0.05, 0.1) is 12.0 Å². The van der Waals surface area contributed by atoms with Crippen LogP contribution in [0.1, 0.15) is 29.1 Å². The fourth-order valence-electron chi connectivity index (χ4n) is 2.33. The van der Waals surface area contributed by atoms with E-state index in [9.17, 15) is 14.4 Å². The van der Waals surface area contributed by atoms with Crippen LogP contribution >= 0.6 is 0 Å². The molecule has 3 rings (SSSR count). The molecule has 0 aliphatic carbocycles. The minimum Gasteiger partial charge on any atom is -0.459 e. The SMILES string of the molecule is O=C(CCCNC(=O)c1ccco1)OCc1cc(=O)n2ccccc2n1. The first-order valence-electron chi connectivity index (χ1n) is 8.08. The van der Waals surface area contributed by atoms with E-state index in [0.717, 1.165) is 0 Å². The predicted octanol–water partition coefficient (Wildman–Crippen LogP) is 1.54. The van der Waals surface area contributed by atoms with Gasteiger partial charge in [0, 0.05) is 25.2 Å². The summed E-state index contributed by atoms with van der Waals surface area (Å²) in [7, 11) is 0. The van der Waals surface area contributed by atoms with Gasteiger partial charge in [-0.2, -0.15) is 0 Å². The van der Waals surface area contributed by atoms with Crippen molar-refractivity contribution in [2.45, 2.75) is 19.4 Å². The lowest BCUT2D eigenvalue weighted by molar-refractivity contribution is -0.145. The second-order valence-electron chi connectivity index (χ2n) is 5.51. The zero-order valence-corrected chi connectivity index (χ0v) is 13.9. The molecule has 3 aromatic rings. The molecule has 0 unspecified atom stereocenters. The third kappa shape index (κ3) is 4.35. The van der Waals surface area contributed by atoms with Crippen LogP contribution in [0.3, 0.4) is 0 Å². The first-order chi connectivity index (χ1) is 12.6. The van der Waals surface area contributed by atoms with E-state index in [2.05, 4.69) is 10.3 Å². The number of nitrogens with zero attached hydrogens (tertiary/aromatic N) is 2. The van der Waals surface area contributed by atoms with Gasteiger partial charge in [0.25, 0.3) is 11.5 Å². The average molecular weight is 355 g/mol. The Bertz CT molecular complexity index is 962. The second kappa shape index (κ2) is 8.11. The number of rotatable bonds is 7. The van der Waals surface area contributed by atoms with Gasteiger partial charge in [-0.15, -0.1) is 0 Å². The summed E-state index contributed by atoms with van der Waals surface area (Å²) in [6.07, 6.45) is 3.61. The van der Waals surface area contributed by atoms with Gasteiger partial charge in [-0.3, -0.25) is 18.8 Å². The summed E-state index contributed by atoms with van der Waals surface area (Å²) in [5.74, 6) is -0.530. The van der Waals surface area contributed by atoms with Crippen molar-refractivity contribution in [1.82, 2.24) is 14.7 Å². The lowest BCUT2D eigenvalue weighted by Gasteiger charge is -2.06. The first kappa shape index (κ1) is 17.4. The number of fused-ring (bicyclic) bond motifs is 1. The average Bonchev–Trinajstić information content (AvgIpc) is 3.18. The van der Waals surface area contributed by atoms with Crippen LogP contribution in [0.25, 0.3) is 5.65 Å². The Morgan fingerprint density at radius 3 is 2.92 bits per heavy atom. The van der Waals surface area contributed by atoms with E-state index >= 15 is 0 Å². The van der Waals surface area contributed by atoms with Gasteiger partial charge in [-0.1, -0.05) is 6.07 Å². The van der Waals surface area contributed by atoms with Crippen molar-refractivity contribution < 1.29 is 18.7 Å². The summed E-state index contributed by atoms with van der Waals surface area (Å²) in [6, 6.07) is 9.73. The van der Waals surface area contributed by atoms with Crippen LogP contribution in [0.5, 0.6) is 0 Å². The van der Waals surface area contributed by atoms with Crippen LogP contribution in [-0.4, -0.2) is 27.8 Å². The van der Waals surface area contributed by atoms with E-state index in [-0.39, 0.29) is 30.3 Å². The topological polar surface area (TPSA) is 103 Å². The van der Waals surface area contributed by atoms with Crippen molar-refractivity contribution in [2.75, 3.05) is 6.54 Å². The van der Waals surface area contributed by atoms with Crippen molar-refractivity contribution >= 4 is 17.5 Å². The van der Waals surface area contributed by atoms with E-state index in [1.807, 2.05) is 0 Å². The third-order valence-electron chi connectivity index (χ3n) is 3.59. The fourth-order valence-corrected chi connectivity index (χ4v) is 2.33. The largest absolute Gasteiger partial charge is 0.459 e. The number of nitrogens with one attached hydrogen (secondary N) is 1. The molecular weight excluding hydrogens is 338 g/mol. The fraction of sp³-hybridized carbons (Fsp3) is 0.222. The molecule has 0 aliphatic heterocycles. The van der Waals surface area contributed by atoms with Crippen LogP contribution in [0.4, 0.5) is 0 Å². The maximum Gasteiger partial charge on any atom is 0.306 e. The van der Waals surface area contributed by atoms with Gasteiger partial charge in [0.2, 0.25) is 0 Å². The number of carbonyl (C=O) groups is 2. The highest BCUT2D eigenvalue weighted by Crippen LogP contribution is 2.03. The molecule has 0 aromatic carbocycles. The summed E-state index contributed by atoms with van der Waals surface area (Å²) in [4.78, 5) is 39.6. The van der Waals surface area contributed by atoms with Gasteiger partial charge >= 0.3 is 5.97 Å². The molecule has 0 fully saturated rings. The summed E-state index contributed by atoms with van der Waals surface area (Å²) in [6.45, 7) is 0.252. The number of aromatic nitrogens is 2. The van der Waals surface area contributed by atoms with E-state index in [0.29, 0.717) is 24.3 Å². The molecule has 134 valence electrons. The highest BCUT2D eigenvalue weighted by molar-refractivity contribution is 5.91. The number of hydrogen-bond acceptors (Lipinski definition) is 6. The minimum atomic E-state index is -0.424. The maximum atomic E-state index is 12.0. The molecule has 0 saturated heterocycles. The molecule has 0 saturated carbocycles. The first-order valence-corrected chi connectivity index (χ1v) is 8.08. The highest BCUT2D eigenvalue weighted by atomic mass is 16.5. The van der Waals surface area contributed by atoms with Crippen molar-refractivity contribution in [2.24, 2.45) is 0 Å². The predicted molar refractivity (Wildman–Crippen MR) is 91.5 cm³/mol. The Morgan fingerprint density at radius 2 is 2.12 bits per heavy atom. The molecule has 3 aromatic heterocycles. The molecule has 0 radical (unpaired) electrons. The lowest BCUT2D eigenvalue weighted by atomic mass is 10.3. The zero-order chi connectivity index (χ0) is 18.4. The molecule has 0 atom stereocenters. The summed E-state index contributed by atoms with van der Waals surface area (Å²) < 4.78 is 11.5. The smallest absolute Gasteiger partial charge is 0.306 e. The molecule has 1 amide bonds. The molecule has 0 aliphatic rings. The molecule has 3 heterocycles. The van der Waals surface area contributed by atoms with E-state index in [1.54, 1.807) is 36.5 Å². The Balaban J connectivity index is 1.43. The standard InChI is InChI=1S/C18H17N3O5/c22-16-11-13(20-15-6-1-2-9-21(15)16)12-26-17(23)7-3-8-19-18(24)14-5-4-10-25-14/h1-2,4-6,9-11H,3,7-8,12H2,(H,19,24). The van der Waals surface area contributed by atoms with E-state index in [4.69, 9.17) is 9.15 Å². The summed E-state index contributed by atoms with van der Waals surface area (Å²) in [5.41, 5.74) is 0.648. The van der Waals surface area contributed by atoms with Gasteiger partial charge < -0.3 is 14.5 Å². The Kier molecular flexibility index (Phi) is 5.43. The maximum absolute atomic E-state index is 12.0. The third-order valence-corrected chi connectivity index (χ3v) is 3.59. The van der Waals surface area contributed by atoms with Gasteiger partial charge in [0.15, 0.2) is 5.76 Å². The molecule has 26 heavy (non-hydrogen) atoms. The number of amides is 1. The van der Waals surface area contributed by atoms with Crippen molar-refractivity contribution in [3.8, 4) is 0 Å². The lowest BCUT2D eigenvalue weighted by Crippen LogP contribution is -2.24. The second-order valence-corrected chi connectivity index (χ2v) is 5.51.